The molecule has 0 aliphatic carbocycles. The second-order valence-electron chi connectivity index (χ2n) is 3.10. The molecule has 1 rings (SSSR count). The molecule has 0 saturated heterocycles. The minimum Gasteiger partial charge on any atom is -0.409 e. The van der Waals surface area contributed by atoms with Crippen LogP contribution in [0, 0.1) is 0 Å². The van der Waals surface area contributed by atoms with Gasteiger partial charge in [0, 0.05) is 23.1 Å². The monoisotopic (exact) mass is 270 g/mol. The van der Waals surface area contributed by atoms with E-state index in [1.165, 1.54) is 0 Å². The molecular formula is C11H15BrN2O. The van der Waals surface area contributed by atoms with Crippen molar-refractivity contribution in [2.45, 2.75) is 13.8 Å². The number of nitrogens with zero attached hydrogens (tertiary/aromatic N) is 2. The molecule has 0 bridgehead atoms. The topological polar surface area (TPSA) is 35.8 Å². The van der Waals surface area contributed by atoms with Gasteiger partial charge in [0.2, 0.25) is 0 Å². The Kier molecular flexibility index (Phi) is 4.62. The van der Waals surface area contributed by atoms with Crippen LogP contribution < -0.4 is 0 Å². The molecule has 15 heavy (non-hydrogen) atoms. The van der Waals surface area contributed by atoms with Crippen LogP contribution in [0.2, 0.25) is 0 Å². The van der Waals surface area contributed by atoms with Crippen molar-refractivity contribution in [3.8, 4) is 0 Å². The third kappa shape index (κ3) is 2.96. The third-order valence-corrected chi connectivity index (χ3v) is 2.79. The molecule has 0 aliphatic heterocycles. The lowest BCUT2D eigenvalue weighted by atomic mass is 10.2. The first-order valence-electron chi connectivity index (χ1n) is 4.95. The van der Waals surface area contributed by atoms with Gasteiger partial charge in [-0.15, -0.1) is 0 Å². The Balaban J connectivity index is 2.97. The van der Waals surface area contributed by atoms with Crippen molar-refractivity contribution in [1.82, 2.24) is 4.90 Å². The quantitative estimate of drug-likeness (QED) is 0.397. The summed E-state index contributed by atoms with van der Waals surface area (Å²) < 4.78 is 1.02. The van der Waals surface area contributed by atoms with Crippen LogP contribution in [-0.2, 0) is 0 Å². The first-order valence-corrected chi connectivity index (χ1v) is 5.75. The van der Waals surface area contributed by atoms with E-state index in [9.17, 15) is 0 Å². The molecule has 1 aromatic carbocycles. The van der Waals surface area contributed by atoms with Crippen molar-refractivity contribution in [3.63, 3.8) is 0 Å². The molecule has 1 aromatic rings. The predicted molar refractivity (Wildman–Crippen MR) is 65.4 cm³/mol. The van der Waals surface area contributed by atoms with E-state index in [4.69, 9.17) is 5.21 Å². The van der Waals surface area contributed by atoms with Crippen LogP contribution in [0.25, 0.3) is 0 Å². The molecule has 0 atom stereocenters. The second kappa shape index (κ2) is 5.75. The number of rotatable bonds is 3. The van der Waals surface area contributed by atoms with E-state index >= 15 is 0 Å². The van der Waals surface area contributed by atoms with Gasteiger partial charge in [0.15, 0.2) is 5.84 Å². The van der Waals surface area contributed by atoms with E-state index in [-0.39, 0.29) is 0 Å². The molecule has 1 N–H and O–H groups in total. The molecule has 0 fully saturated rings. The maximum absolute atomic E-state index is 9.02. The summed E-state index contributed by atoms with van der Waals surface area (Å²) in [5.74, 6) is 0.618. The van der Waals surface area contributed by atoms with Crippen LogP contribution in [0.4, 0.5) is 0 Å². The fraction of sp³-hybridized carbons (Fsp3) is 0.364. The molecule has 0 saturated carbocycles. The number of benzene rings is 1. The summed E-state index contributed by atoms with van der Waals surface area (Å²) >= 11 is 3.37. The predicted octanol–water partition coefficient (Wildman–Crippen LogP) is 2.93. The Morgan fingerprint density at radius 2 is 1.80 bits per heavy atom. The van der Waals surface area contributed by atoms with Crippen molar-refractivity contribution in [2.75, 3.05) is 13.1 Å². The third-order valence-electron chi connectivity index (χ3n) is 2.26. The highest BCUT2D eigenvalue weighted by Crippen LogP contribution is 2.12. The van der Waals surface area contributed by atoms with Gasteiger partial charge < -0.3 is 10.1 Å². The molecule has 0 aromatic heterocycles. The van der Waals surface area contributed by atoms with E-state index in [0.717, 1.165) is 23.1 Å². The van der Waals surface area contributed by atoms with Crippen LogP contribution >= 0.6 is 15.9 Å². The Morgan fingerprint density at radius 3 is 2.20 bits per heavy atom. The molecule has 0 aliphatic rings. The molecule has 82 valence electrons. The van der Waals surface area contributed by atoms with E-state index in [1.54, 1.807) is 0 Å². The normalized spacial score (nSPS) is 11.5. The Bertz CT molecular complexity index is 331. The van der Waals surface area contributed by atoms with E-state index in [1.807, 2.05) is 43.0 Å². The first-order chi connectivity index (χ1) is 7.22. The number of halogens is 1. The van der Waals surface area contributed by atoms with Gasteiger partial charge in [0.1, 0.15) is 0 Å². The van der Waals surface area contributed by atoms with Crippen LogP contribution in [0.1, 0.15) is 19.4 Å². The van der Waals surface area contributed by atoms with E-state index in [2.05, 4.69) is 21.1 Å². The van der Waals surface area contributed by atoms with Gasteiger partial charge >= 0.3 is 0 Å². The molecule has 4 heteroatoms. The Labute approximate surface area is 98.5 Å². The van der Waals surface area contributed by atoms with Gasteiger partial charge in [0.25, 0.3) is 0 Å². The molecular weight excluding hydrogens is 256 g/mol. The lowest BCUT2D eigenvalue weighted by Gasteiger charge is -2.21. The van der Waals surface area contributed by atoms with Crippen LogP contribution in [0.5, 0.6) is 0 Å². The Hall–Kier alpha value is -1.03. The average Bonchev–Trinajstić information content (AvgIpc) is 2.27. The van der Waals surface area contributed by atoms with E-state index in [0.29, 0.717) is 5.84 Å². The molecule has 0 amide bonds. The van der Waals surface area contributed by atoms with E-state index < -0.39 is 0 Å². The fourth-order valence-electron chi connectivity index (χ4n) is 1.43. The largest absolute Gasteiger partial charge is 0.409 e. The summed E-state index contributed by atoms with van der Waals surface area (Å²) in [6.45, 7) is 5.72. The highest BCUT2D eigenvalue weighted by molar-refractivity contribution is 9.10. The zero-order chi connectivity index (χ0) is 11.3. The second-order valence-corrected chi connectivity index (χ2v) is 4.02. The average molecular weight is 271 g/mol. The highest BCUT2D eigenvalue weighted by atomic mass is 79.9. The zero-order valence-electron chi connectivity index (χ0n) is 8.94. The van der Waals surface area contributed by atoms with Gasteiger partial charge in [-0.3, -0.25) is 0 Å². The summed E-state index contributed by atoms with van der Waals surface area (Å²) in [6.07, 6.45) is 0. The minimum atomic E-state index is 0.618. The summed E-state index contributed by atoms with van der Waals surface area (Å²) in [4.78, 5) is 2.00. The standard InChI is InChI=1S/C11H15BrN2O/c1-3-14(4-2)11(13-15)9-5-7-10(12)8-6-9/h5-8,15H,3-4H2,1-2H3/b13-11-. The lowest BCUT2D eigenvalue weighted by molar-refractivity contribution is 0.304. The maximum atomic E-state index is 9.02. The lowest BCUT2D eigenvalue weighted by Crippen LogP contribution is -2.31. The Morgan fingerprint density at radius 1 is 1.27 bits per heavy atom. The molecule has 0 spiro atoms. The molecule has 3 nitrogen and oxygen atoms in total. The number of oxime groups is 1. The first kappa shape index (κ1) is 12.0. The highest BCUT2D eigenvalue weighted by Gasteiger charge is 2.10. The summed E-state index contributed by atoms with van der Waals surface area (Å²) in [6, 6.07) is 7.73. The maximum Gasteiger partial charge on any atom is 0.175 e. The SMILES string of the molecule is CCN(CC)/C(=N\O)c1ccc(Br)cc1. The van der Waals surface area contributed by atoms with Gasteiger partial charge in [-0.1, -0.05) is 33.2 Å². The van der Waals surface area contributed by atoms with Crippen LogP contribution in [-0.4, -0.2) is 29.0 Å². The van der Waals surface area contributed by atoms with Gasteiger partial charge in [-0.25, -0.2) is 0 Å². The fourth-order valence-corrected chi connectivity index (χ4v) is 1.69. The smallest absolute Gasteiger partial charge is 0.175 e. The molecule has 0 heterocycles. The molecule has 0 radical (unpaired) electrons. The van der Waals surface area contributed by atoms with Crippen molar-refractivity contribution in [2.24, 2.45) is 5.16 Å². The summed E-state index contributed by atoms with van der Waals surface area (Å²) in [5, 5.41) is 12.4. The van der Waals surface area contributed by atoms with Crippen molar-refractivity contribution in [1.29, 1.82) is 0 Å². The minimum absolute atomic E-state index is 0.618. The van der Waals surface area contributed by atoms with Crippen molar-refractivity contribution < 1.29 is 5.21 Å². The van der Waals surface area contributed by atoms with Gasteiger partial charge in [-0.05, 0) is 26.0 Å². The van der Waals surface area contributed by atoms with Crippen LogP contribution in [0.15, 0.2) is 33.9 Å². The zero-order valence-corrected chi connectivity index (χ0v) is 10.5. The van der Waals surface area contributed by atoms with Gasteiger partial charge in [-0.2, -0.15) is 0 Å². The molecule has 0 unspecified atom stereocenters. The van der Waals surface area contributed by atoms with Crippen molar-refractivity contribution >= 4 is 21.8 Å². The van der Waals surface area contributed by atoms with Crippen LogP contribution in [0.3, 0.4) is 0 Å². The number of amidine groups is 1. The van der Waals surface area contributed by atoms with Gasteiger partial charge in [0.05, 0.1) is 0 Å². The summed E-state index contributed by atoms with van der Waals surface area (Å²) in [7, 11) is 0. The number of hydrogen-bond donors (Lipinski definition) is 1. The summed E-state index contributed by atoms with van der Waals surface area (Å²) in [5.41, 5.74) is 0.921. The number of hydrogen-bond acceptors (Lipinski definition) is 2. The van der Waals surface area contributed by atoms with Crippen molar-refractivity contribution in [3.05, 3.63) is 34.3 Å².